The van der Waals surface area contributed by atoms with Crippen LogP contribution >= 0.6 is 0 Å². The van der Waals surface area contributed by atoms with Crippen LogP contribution in [0.4, 0.5) is 0 Å². The van der Waals surface area contributed by atoms with E-state index in [0.717, 1.165) is 24.3 Å². The molecule has 0 aromatic carbocycles. The van der Waals surface area contributed by atoms with E-state index in [9.17, 15) is 0 Å². The maximum Gasteiger partial charge on any atom is 0.158 e. The minimum Gasteiger partial charge on any atom is -0.359 e. The molecule has 0 radical (unpaired) electrons. The van der Waals surface area contributed by atoms with Gasteiger partial charge < -0.3 is 10.3 Å². The molecule has 0 bridgehead atoms. The third-order valence-electron chi connectivity index (χ3n) is 3.16. The van der Waals surface area contributed by atoms with E-state index < -0.39 is 0 Å². The van der Waals surface area contributed by atoms with Crippen molar-refractivity contribution in [1.29, 1.82) is 0 Å². The van der Waals surface area contributed by atoms with Gasteiger partial charge in [0.15, 0.2) is 5.76 Å². The number of nitrogens with two attached hydrogens (primary N) is 1. The molecule has 84 valence electrons. The number of aromatic nitrogens is 1. The van der Waals surface area contributed by atoms with Crippen molar-refractivity contribution in [2.75, 3.05) is 6.54 Å². The van der Waals surface area contributed by atoms with Gasteiger partial charge in [0.2, 0.25) is 0 Å². The highest BCUT2D eigenvalue weighted by atomic mass is 16.5. The fourth-order valence-electron chi connectivity index (χ4n) is 2.39. The molecule has 1 aromatic heterocycles. The van der Waals surface area contributed by atoms with Crippen LogP contribution in [-0.2, 0) is 6.54 Å². The Morgan fingerprint density at radius 2 is 2.47 bits per heavy atom. The highest BCUT2D eigenvalue weighted by Crippen LogP contribution is 2.34. The average molecular weight is 209 g/mol. The second kappa shape index (κ2) is 4.33. The van der Waals surface area contributed by atoms with Gasteiger partial charge in [-0.2, -0.15) is 0 Å². The maximum absolute atomic E-state index is 5.67. The van der Waals surface area contributed by atoms with E-state index in [1.165, 1.54) is 6.42 Å². The SMILES string of the molecule is CC(C)N1CCCC1c1oncc1CN. The quantitative estimate of drug-likeness (QED) is 0.823. The first-order valence-electron chi connectivity index (χ1n) is 5.63. The Kier molecular flexibility index (Phi) is 3.07. The van der Waals surface area contributed by atoms with Gasteiger partial charge in [-0.05, 0) is 33.2 Å². The summed E-state index contributed by atoms with van der Waals surface area (Å²) in [7, 11) is 0. The molecule has 1 aromatic rings. The molecule has 1 fully saturated rings. The minimum atomic E-state index is 0.381. The Morgan fingerprint density at radius 3 is 3.13 bits per heavy atom. The third kappa shape index (κ3) is 1.92. The van der Waals surface area contributed by atoms with Crippen LogP contribution < -0.4 is 5.73 Å². The number of rotatable bonds is 3. The molecule has 15 heavy (non-hydrogen) atoms. The van der Waals surface area contributed by atoms with Crippen LogP contribution in [-0.4, -0.2) is 22.6 Å². The van der Waals surface area contributed by atoms with Crippen LogP contribution in [0.25, 0.3) is 0 Å². The van der Waals surface area contributed by atoms with Gasteiger partial charge in [-0.15, -0.1) is 0 Å². The van der Waals surface area contributed by atoms with E-state index >= 15 is 0 Å². The Balaban J connectivity index is 2.22. The van der Waals surface area contributed by atoms with E-state index in [0.29, 0.717) is 18.6 Å². The number of hydrogen-bond donors (Lipinski definition) is 1. The van der Waals surface area contributed by atoms with Crippen LogP contribution in [0.3, 0.4) is 0 Å². The molecule has 4 heteroatoms. The van der Waals surface area contributed by atoms with E-state index in [2.05, 4.69) is 23.9 Å². The number of likely N-dealkylation sites (tertiary alicyclic amines) is 1. The van der Waals surface area contributed by atoms with Gasteiger partial charge in [0, 0.05) is 18.2 Å². The summed E-state index contributed by atoms with van der Waals surface area (Å²) in [6.45, 7) is 6.10. The predicted octanol–water partition coefficient (Wildman–Crippen LogP) is 1.68. The Morgan fingerprint density at radius 1 is 1.67 bits per heavy atom. The molecular weight excluding hydrogens is 190 g/mol. The number of hydrogen-bond acceptors (Lipinski definition) is 4. The zero-order chi connectivity index (χ0) is 10.8. The van der Waals surface area contributed by atoms with E-state index in [1.54, 1.807) is 6.20 Å². The Bertz CT molecular complexity index is 321. The summed E-state index contributed by atoms with van der Waals surface area (Å²) in [5.74, 6) is 0.976. The molecule has 2 heterocycles. The van der Waals surface area contributed by atoms with Crippen molar-refractivity contribution in [2.24, 2.45) is 5.73 Å². The lowest BCUT2D eigenvalue weighted by atomic mass is 10.1. The smallest absolute Gasteiger partial charge is 0.158 e. The molecule has 0 aliphatic carbocycles. The van der Waals surface area contributed by atoms with Crippen molar-refractivity contribution in [2.45, 2.75) is 45.3 Å². The van der Waals surface area contributed by atoms with Crippen molar-refractivity contribution in [3.8, 4) is 0 Å². The summed E-state index contributed by atoms with van der Waals surface area (Å²) in [6.07, 6.45) is 4.13. The van der Waals surface area contributed by atoms with Crippen LogP contribution in [0.5, 0.6) is 0 Å². The van der Waals surface area contributed by atoms with Crippen molar-refractivity contribution in [1.82, 2.24) is 10.1 Å². The van der Waals surface area contributed by atoms with Crippen LogP contribution in [0, 0.1) is 0 Å². The van der Waals surface area contributed by atoms with Crippen molar-refractivity contribution in [3.63, 3.8) is 0 Å². The van der Waals surface area contributed by atoms with Crippen molar-refractivity contribution in [3.05, 3.63) is 17.5 Å². The molecule has 2 N–H and O–H groups in total. The monoisotopic (exact) mass is 209 g/mol. The first kappa shape index (κ1) is 10.6. The lowest BCUT2D eigenvalue weighted by Gasteiger charge is -2.26. The van der Waals surface area contributed by atoms with Gasteiger partial charge in [0.05, 0.1) is 12.2 Å². The molecule has 1 aliphatic heterocycles. The van der Waals surface area contributed by atoms with Gasteiger partial charge >= 0.3 is 0 Å². The first-order valence-corrected chi connectivity index (χ1v) is 5.63. The summed E-state index contributed by atoms with van der Waals surface area (Å²) in [6, 6.07) is 0.930. The number of nitrogens with zero attached hydrogens (tertiary/aromatic N) is 2. The topological polar surface area (TPSA) is 55.3 Å². The van der Waals surface area contributed by atoms with E-state index in [4.69, 9.17) is 10.3 Å². The summed E-state index contributed by atoms with van der Waals surface area (Å²) in [5, 5.41) is 3.85. The summed E-state index contributed by atoms with van der Waals surface area (Å²) >= 11 is 0. The molecule has 2 rings (SSSR count). The van der Waals surface area contributed by atoms with Crippen LogP contribution in [0.2, 0.25) is 0 Å². The zero-order valence-electron chi connectivity index (χ0n) is 9.44. The van der Waals surface area contributed by atoms with Gasteiger partial charge in [-0.3, -0.25) is 4.90 Å². The molecule has 4 nitrogen and oxygen atoms in total. The van der Waals surface area contributed by atoms with Crippen LogP contribution in [0.1, 0.15) is 44.1 Å². The molecule has 0 amide bonds. The van der Waals surface area contributed by atoms with Crippen molar-refractivity contribution >= 4 is 0 Å². The summed E-state index contributed by atoms with van der Waals surface area (Å²) in [4.78, 5) is 2.46. The highest BCUT2D eigenvalue weighted by Gasteiger charge is 2.31. The van der Waals surface area contributed by atoms with Gasteiger partial charge in [-0.25, -0.2) is 0 Å². The fraction of sp³-hybridized carbons (Fsp3) is 0.727. The second-order valence-corrected chi connectivity index (χ2v) is 4.41. The van der Waals surface area contributed by atoms with E-state index in [-0.39, 0.29) is 0 Å². The second-order valence-electron chi connectivity index (χ2n) is 4.41. The van der Waals surface area contributed by atoms with E-state index in [1.807, 2.05) is 0 Å². The predicted molar refractivity (Wildman–Crippen MR) is 58.2 cm³/mol. The largest absolute Gasteiger partial charge is 0.359 e. The molecule has 0 spiro atoms. The third-order valence-corrected chi connectivity index (χ3v) is 3.16. The minimum absolute atomic E-state index is 0.381. The molecule has 1 atom stereocenters. The average Bonchev–Trinajstić information content (AvgIpc) is 2.85. The van der Waals surface area contributed by atoms with Gasteiger partial charge in [0.1, 0.15) is 0 Å². The maximum atomic E-state index is 5.67. The zero-order valence-corrected chi connectivity index (χ0v) is 9.44. The van der Waals surface area contributed by atoms with Crippen LogP contribution in [0.15, 0.2) is 10.7 Å². The highest BCUT2D eigenvalue weighted by molar-refractivity contribution is 5.18. The molecule has 1 aliphatic rings. The van der Waals surface area contributed by atoms with Gasteiger partial charge in [-0.1, -0.05) is 5.16 Å². The lowest BCUT2D eigenvalue weighted by molar-refractivity contribution is 0.174. The molecule has 1 saturated heterocycles. The van der Waals surface area contributed by atoms with Crippen molar-refractivity contribution < 1.29 is 4.52 Å². The molecular formula is C11H19N3O. The Hall–Kier alpha value is -0.870. The molecule has 1 unspecified atom stereocenters. The van der Waals surface area contributed by atoms with Gasteiger partial charge in [0.25, 0.3) is 0 Å². The molecule has 0 saturated carbocycles. The summed E-state index contributed by atoms with van der Waals surface area (Å²) < 4.78 is 5.35. The first-order chi connectivity index (χ1) is 7.24. The summed E-state index contributed by atoms with van der Waals surface area (Å²) in [5.41, 5.74) is 6.71. The fourth-order valence-corrected chi connectivity index (χ4v) is 2.39. The Labute approximate surface area is 90.4 Å². The lowest BCUT2D eigenvalue weighted by Crippen LogP contribution is -2.30. The standard InChI is InChI=1S/C11H19N3O/c1-8(2)14-5-3-4-10(14)11-9(6-12)7-13-15-11/h7-8,10H,3-6,12H2,1-2H3. The normalized spacial score (nSPS) is 22.8.